The number of nitrogens with zero attached hydrogens (tertiary/aromatic N) is 8. The molecule has 4 aromatic rings. The van der Waals surface area contributed by atoms with Crippen molar-refractivity contribution in [2.75, 3.05) is 44.4 Å². The predicted octanol–water partition coefficient (Wildman–Crippen LogP) is 4.34. The van der Waals surface area contributed by atoms with Gasteiger partial charge in [0.15, 0.2) is 0 Å². The molecule has 2 aromatic carbocycles. The summed E-state index contributed by atoms with van der Waals surface area (Å²) in [5, 5.41) is 25.8. The van der Waals surface area contributed by atoms with Gasteiger partial charge < -0.3 is 15.1 Å². The van der Waals surface area contributed by atoms with Crippen molar-refractivity contribution in [2.45, 2.75) is 33.1 Å². The first-order valence-electron chi connectivity index (χ1n) is 13.2. The number of amides is 1. The normalized spacial score (nSPS) is 11.5. The number of carbonyl (C=O) groups excluding carboxylic acids is 1. The van der Waals surface area contributed by atoms with Crippen LogP contribution < -0.4 is 10.2 Å². The molecule has 0 aliphatic carbocycles. The van der Waals surface area contributed by atoms with Crippen LogP contribution in [-0.4, -0.2) is 69.8 Å². The van der Waals surface area contributed by atoms with Gasteiger partial charge in [-0.2, -0.15) is 10.4 Å². The van der Waals surface area contributed by atoms with Crippen LogP contribution in [0.4, 0.5) is 11.4 Å². The van der Waals surface area contributed by atoms with Gasteiger partial charge in [-0.3, -0.25) is 9.48 Å². The van der Waals surface area contributed by atoms with Crippen LogP contribution in [0.3, 0.4) is 0 Å². The molecule has 40 heavy (non-hydrogen) atoms. The van der Waals surface area contributed by atoms with Gasteiger partial charge in [-0.05, 0) is 83.2 Å². The fourth-order valence-electron chi connectivity index (χ4n) is 4.26. The number of likely N-dealkylation sites (N-methyl/N-ethyl adjacent to an activating group) is 2. The number of carbonyl (C=O) groups is 1. The van der Waals surface area contributed by atoms with Crippen molar-refractivity contribution in [2.24, 2.45) is 7.05 Å². The number of benzene rings is 2. The smallest absolute Gasteiger partial charge is 0.255 e. The van der Waals surface area contributed by atoms with Crippen molar-refractivity contribution in [3.8, 4) is 23.0 Å². The lowest BCUT2D eigenvalue weighted by Gasteiger charge is -2.25. The SMILES string of the molecule is Cc1ccc(NC(=O)c2cc(N(C)CCN(C)C)cc(C(C)(C)C#N)c2)cc1-n1cc(-c2cnn(C)c2C)nn1. The van der Waals surface area contributed by atoms with Crippen LogP contribution in [0.2, 0.25) is 0 Å². The maximum absolute atomic E-state index is 13.5. The fourth-order valence-corrected chi connectivity index (χ4v) is 4.26. The van der Waals surface area contributed by atoms with Crippen LogP contribution >= 0.6 is 0 Å². The Morgan fingerprint density at radius 1 is 1.10 bits per heavy atom. The van der Waals surface area contributed by atoms with Crippen molar-refractivity contribution in [3.05, 3.63) is 71.2 Å². The largest absolute Gasteiger partial charge is 0.373 e. The van der Waals surface area contributed by atoms with Gasteiger partial charge in [0.2, 0.25) is 0 Å². The number of hydrogen-bond donors (Lipinski definition) is 1. The molecule has 208 valence electrons. The van der Waals surface area contributed by atoms with E-state index < -0.39 is 5.41 Å². The lowest BCUT2D eigenvalue weighted by molar-refractivity contribution is 0.102. The second-order valence-electron chi connectivity index (χ2n) is 11.0. The maximum Gasteiger partial charge on any atom is 0.255 e. The van der Waals surface area contributed by atoms with Crippen LogP contribution in [0.15, 0.2) is 48.8 Å². The molecule has 10 heteroatoms. The first kappa shape index (κ1) is 28.5. The average molecular weight is 540 g/mol. The summed E-state index contributed by atoms with van der Waals surface area (Å²) in [6.45, 7) is 9.34. The van der Waals surface area contributed by atoms with E-state index in [2.05, 4.69) is 36.6 Å². The van der Waals surface area contributed by atoms with Crippen molar-refractivity contribution in [3.63, 3.8) is 0 Å². The van der Waals surface area contributed by atoms with E-state index in [1.807, 2.05) is 92.4 Å². The minimum absolute atomic E-state index is 0.252. The first-order valence-corrected chi connectivity index (χ1v) is 13.2. The highest BCUT2D eigenvalue weighted by Gasteiger charge is 2.23. The Morgan fingerprint density at radius 3 is 2.50 bits per heavy atom. The van der Waals surface area contributed by atoms with Gasteiger partial charge in [-0.25, -0.2) is 4.68 Å². The van der Waals surface area contributed by atoms with Crippen LogP contribution in [-0.2, 0) is 12.5 Å². The van der Waals surface area contributed by atoms with E-state index >= 15 is 0 Å². The zero-order valence-corrected chi connectivity index (χ0v) is 24.5. The van der Waals surface area contributed by atoms with Crippen LogP contribution in [0.1, 0.15) is 41.0 Å². The monoisotopic (exact) mass is 539 g/mol. The molecule has 0 atom stereocenters. The molecule has 1 amide bonds. The van der Waals surface area contributed by atoms with Gasteiger partial charge in [0.1, 0.15) is 5.69 Å². The molecule has 0 aliphatic heterocycles. The van der Waals surface area contributed by atoms with Gasteiger partial charge in [-0.1, -0.05) is 11.3 Å². The number of rotatable bonds is 9. The molecule has 0 radical (unpaired) electrons. The molecule has 0 unspecified atom stereocenters. The van der Waals surface area contributed by atoms with Gasteiger partial charge in [-0.15, -0.1) is 5.10 Å². The highest BCUT2D eigenvalue weighted by molar-refractivity contribution is 6.05. The Morgan fingerprint density at radius 2 is 1.85 bits per heavy atom. The van der Waals surface area contributed by atoms with Gasteiger partial charge in [0, 0.05) is 55.4 Å². The van der Waals surface area contributed by atoms with Gasteiger partial charge in [0.25, 0.3) is 5.91 Å². The predicted molar refractivity (Wildman–Crippen MR) is 158 cm³/mol. The second-order valence-corrected chi connectivity index (χ2v) is 11.0. The van der Waals surface area contributed by atoms with Crippen LogP contribution in [0.25, 0.3) is 16.9 Å². The average Bonchev–Trinajstić information content (AvgIpc) is 3.54. The van der Waals surface area contributed by atoms with Crippen LogP contribution in [0, 0.1) is 25.2 Å². The van der Waals surface area contributed by atoms with Crippen LogP contribution in [0.5, 0.6) is 0 Å². The maximum atomic E-state index is 13.5. The van der Waals surface area contributed by atoms with E-state index in [9.17, 15) is 10.1 Å². The molecule has 0 saturated heterocycles. The summed E-state index contributed by atoms with van der Waals surface area (Å²) in [7, 11) is 7.94. The number of anilines is 2. The quantitative estimate of drug-likeness (QED) is 0.337. The minimum atomic E-state index is -0.748. The Hall–Kier alpha value is -4.49. The second kappa shape index (κ2) is 11.3. The highest BCUT2D eigenvalue weighted by atomic mass is 16.1. The topological polar surface area (TPSA) is 108 Å². The van der Waals surface area contributed by atoms with E-state index in [4.69, 9.17) is 0 Å². The Kier molecular flexibility index (Phi) is 8.07. The number of hydrogen-bond acceptors (Lipinski definition) is 7. The zero-order valence-electron chi connectivity index (χ0n) is 24.5. The molecule has 2 heterocycles. The Balaban J connectivity index is 1.63. The third-order valence-electron chi connectivity index (χ3n) is 7.22. The van der Waals surface area contributed by atoms with E-state index in [1.165, 1.54) is 0 Å². The molecule has 0 spiro atoms. The fraction of sp³-hybridized carbons (Fsp3) is 0.367. The zero-order chi connectivity index (χ0) is 29.2. The number of nitriles is 1. The lowest BCUT2D eigenvalue weighted by atomic mass is 9.85. The number of aromatic nitrogens is 5. The molecule has 4 rings (SSSR count). The molecule has 2 aromatic heterocycles. The highest BCUT2D eigenvalue weighted by Crippen LogP contribution is 2.29. The van der Waals surface area contributed by atoms with E-state index in [0.717, 1.165) is 52.5 Å². The molecule has 1 N–H and O–H groups in total. The van der Waals surface area contributed by atoms with Crippen molar-refractivity contribution in [1.82, 2.24) is 29.7 Å². The molecule has 0 aliphatic rings. The van der Waals surface area contributed by atoms with E-state index in [-0.39, 0.29) is 5.91 Å². The molecule has 0 fully saturated rings. The lowest BCUT2D eigenvalue weighted by Crippen LogP contribution is -2.29. The summed E-state index contributed by atoms with van der Waals surface area (Å²) in [5.74, 6) is -0.252. The number of nitrogens with one attached hydrogen (secondary N) is 1. The molecular formula is C30H37N9O. The van der Waals surface area contributed by atoms with Gasteiger partial charge >= 0.3 is 0 Å². The minimum Gasteiger partial charge on any atom is -0.373 e. The summed E-state index contributed by atoms with van der Waals surface area (Å²) >= 11 is 0. The summed E-state index contributed by atoms with van der Waals surface area (Å²) < 4.78 is 3.51. The molecule has 0 saturated carbocycles. The van der Waals surface area contributed by atoms with E-state index in [0.29, 0.717) is 11.3 Å². The summed E-state index contributed by atoms with van der Waals surface area (Å²) in [4.78, 5) is 17.7. The summed E-state index contributed by atoms with van der Waals surface area (Å²) in [6.07, 6.45) is 3.64. The van der Waals surface area contributed by atoms with Crippen molar-refractivity contribution < 1.29 is 4.79 Å². The molecular weight excluding hydrogens is 502 g/mol. The Labute approximate surface area is 235 Å². The standard InChI is InChI=1S/C30H37N9O/c1-20-9-10-24(16-28(20)39-18-27(34-35-39)26-17-32-38(8)21(26)2)33-29(40)22-13-23(30(3,4)19-31)15-25(14-22)37(7)12-11-36(5)6/h9-10,13-18H,11-12H2,1-8H3,(H,33,40). The summed E-state index contributed by atoms with van der Waals surface area (Å²) in [6, 6.07) is 13.7. The summed E-state index contributed by atoms with van der Waals surface area (Å²) in [5.41, 5.74) is 6.49. The van der Waals surface area contributed by atoms with Crippen molar-refractivity contribution in [1.29, 1.82) is 5.26 Å². The van der Waals surface area contributed by atoms with Crippen molar-refractivity contribution >= 4 is 17.3 Å². The third kappa shape index (κ3) is 6.05. The molecule has 0 bridgehead atoms. The molecule has 10 nitrogen and oxygen atoms in total. The number of aryl methyl sites for hydroxylation is 2. The third-order valence-corrected chi connectivity index (χ3v) is 7.22. The first-order chi connectivity index (χ1) is 18.9. The van der Waals surface area contributed by atoms with E-state index in [1.54, 1.807) is 21.6 Å². The Bertz CT molecular complexity index is 1570. The van der Waals surface area contributed by atoms with Gasteiger partial charge in [0.05, 0.1) is 29.6 Å².